The molecule has 1 aromatic rings. The maximum atomic E-state index is 5.07. The fourth-order valence-electron chi connectivity index (χ4n) is 1.66. The van der Waals surface area contributed by atoms with Crippen LogP contribution < -0.4 is 5.32 Å². The fourth-order valence-corrected chi connectivity index (χ4v) is 2.75. The summed E-state index contributed by atoms with van der Waals surface area (Å²) >= 11 is 1.77. The highest BCUT2D eigenvalue weighted by Crippen LogP contribution is 2.25. The van der Waals surface area contributed by atoms with Gasteiger partial charge in [-0.1, -0.05) is 27.2 Å². The van der Waals surface area contributed by atoms with Gasteiger partial charge in [-0.25, -0.2) is 4.98 Å². The molecule has 1 heterocycles. The van der Waals surface area contributed by atoms with Crippen molar-refractivity contribution in [2.75, 3.05) is 20.3 Å². The summed E-state index contributed by atoms with van der Waals surface area (Å²) < 4.78 is 5.07. The molecule has 0 fully saturated rings. The van der Waals surface area contributed by atoms with Crippen molar-refractivity contribution in [3.63, 3.8) is 0 Å². The van der Waals surface area contributed by atoms with Gasteiger partial charge in [0.2, 0.25) is 0 Å². The normalized spacial score (nSPS) is 13.2. The topological polar surface area (TPSA) is 34.1 Å². The van der Waals surface area contributed by atoms with Gasteiger partial charge in [0.25, 0.3) is 0 Å². The van der Waals surface area contributed by atoms with Crippen molar-refractivity contribution in [2.24, 2.45) is 0 Å². The van der Waals surface area contributed by atoms with Crippen LogP contribution in [-0.2, 0) is 4.74 Å². The minimum absolute atomic E-state index is 0.382. The van der Waals surface area contributed by atoms with Crippen molar-refractivity contribution in [2.45, 2.75) is 45.6 Å². The molecule has 1 atom stereocenters. The number of hydrogen-bond donors (Lipinski definition) is 1. The molecule has 98 valence electrons. The largest absolute Gasteiger partial charge is 0.383 e. The predicted molar refractivity (Wildman–Crippen MR) is 73.7 cm³/mol. The summed E-state index contributed by atoms with van der Waals surface area (Å²) in [6, 6.07) is 0.382. The molecule has 0 aromatic carbocycles. The number of nitrogens with zero attached hydrogens (tertiary/aromatic N) is 1. The lowest BCUT2D eigenvalue weighted by Gasteiger charge is -2.15. The number of thiazole rings is 1. The fraction of sp³-hybridized carbons (Fsp3) is 0.769. The van der Waals surface area contributed by atoms with Crippen LogP contribution >= 0.6 is 11.3 Å². The van der Waals surface area contributed by atoms with Gasteiger partial charge in [0.05, 0.1) is 18.3 Å². The smallest absolute Gasteiger partial charge is 0.110 e. The second-order valence-corrected chi connectivity index (χ2v) is 5.44. The number of ether oxygens (including phenoxy) is 1. The van der Waals surface area contributed by atoms with E-state index in [4.69, 9.17) is 9.72 Å². The molecule has 0 radical (unpaired) electrons. The maximum Gasteiger partial charge on any atom is 0.110 e. The van der Waals surface area contributed by atoms with Crippen LogP contribution in [0.2, 0.25) is 0 Å². The van der Waals surface area contributed by atoms with Gasteiger partial charge in [-0.05, 0) is 12.3 Å². The van der Waals surface area contributed by atoms with Gasteiger partial charge in [-0.2, -0.15) is 0 Å². The second-order valence-electron chi connectivity index (χ2n) is 4.55. The lowest BCUT2D eigenvalue weighted by atomic mass is 10.1. The van der Waals surface area contributed by atoms with Crippen molar-refractivity contribution in [3.8, 4) is 0 Å². The summed E-state index contributed by atoms with van der Waals surface area (Å²) in [5, 5.41) is 6.91. The van der Waals surface area contributed by atoms with Gasteiger partial charge in [0.1, 0.15) is 5.01 Å². The molecule has 0 saturated carbocycles. The van der Waals surface area contributed by atoms with Gasteiger partial charge >= 0.3 is 0 Å². The molecule has 0 saturated heterocycles. The first-order valence-electron chi connectivity index (χ1n) is 6.36. The average Bonchev–Trinajstić information content (AvgIpc) is 2.77. The molecule has 0 aliphatic rings. The van der Waals surface area contributed by atoms with E-state index >= 15 is 0 Å². The Morgan fingerprint density at radius 2 is 2.24 bits per heavy atom. The summed E-state index contributed by atoms with van der Waals surface area (Å²) in [6.45, 7) is 8.22. The van der Waals surface area contributed by atoms with Crippen molar-refractivity contribution in [3.05, 3.63) is 16.1 Å². The Labute approximate surface area is 109 Å². The summed E-state index contributed by atoms with van der Waals surface area (Å²) in [6.07, 6.45) is 2.30. The van der Waals surface area contributed by atoms with Crippen LogP contribution in [0.3, 0.4) is 0 Å². The van der Waals surface area contributed by atoms with Crippen molar-refractivity contribution in [1.82, 2.24) is 10.3 Å². The standard InChI is InChI=1S/C13H24N2OS/c1-5-6-11(14-7-8-16-4)13-15-12(9-17-13)10(2)3/h9-11,14H,5-8H2,1-4H3. The zero-order chi connectivity index (χ0) is 12.7. The number of nitrogens with one attached hydrogen (secondary N) is 1. The molecule has 17 heavy (non-hydrogen) atoms. The van der Waals surface area contributed by atoms with E-state index < -0.39 is 0 Å². The molecular weight excluding hydrogens is 232 g/mol. The molecule has 0 bridgehead atoms. The molecule has 1 N–H and O–H groups in total. The van der Waals surface area contributed by atoms with E-state index in [0.717, 1.165) is 19.6 Å². The van der Waals surface area contributed by atoms with Gasteiger partial charge in [-0.3, -0.25) is 0 Å². The molecule has 4 heteroatoms. The average molecular weight is 256 g/mol. The summed E-state index contributed by atoms with van der Waals surface area (Å²) in [7, 11) is 1.73. The number of rotatable bonds is 8. The molecule has 0 amide bonds. The maximum absolute atomic E-state index is 5.07. The Balaban J connectivity index is 2.60. The van der Waals surface area contributed by atoms with E-state index in [2.05, 4.69) is 31.5 Å². The van der Waals surface area contributed by atoms with Gasteiger partial charge < -0.3 is 10.1 Å². The van der Waals surface area contributed by atoms with Gasteiger partial charge in [0, 0.05) is 19.0 Å². The zero-order valence-electron chi connectivity index (χ0n) is 11.3. The van der Waals surface area contributed by atoms with Crippen LogP contribution in [0, 0.1) is 0 Å². The van der Waals surface area contributed by atoms with E-state index in [9.17, 15) is 0 Å². The van der Waals surface area contributed by atoms with Gasteiger partial charge in [-0.15, -0.1) is 11.3 Å². The first-order chi connectivity index (χ1) is 8.19. The highest BCUT2D eigenvalue weighted by Gasteiger charge is 2.15. The van der Waals surface area contributed by atoms with Crippen LogP contribution in [0.4, 0.5) is 0 Å². The predicted octanol–water partition coefficient (Wildman–Crippen LogP) is 3.34. The molecule has 1 unspecified atom stereocenters. The van der Waals surface area contributed by atoms with E-state index in [1.165, 1.54) is 17.1 Å². The first-order valence-corrected chi connectivity index (χ1v) is 7.24. The number of methoxy groups -OCH3 is 1. The third-order valence-electron chi connectivity index (χ3n) is 2.70. The Kier molecular flexibility index (Phi) is 6.70. The Morgan fingerprint density at radius 1 is 1.47 bits per heavy atom. The summed E-state index contributed by atoms with van der Waals surface area (Å²) in [5.41, 5.74) is 1.21. The van der Waals surface area contributed by atoms with Gasteiger partial charge in [0.15, 0.2) is 0 Å². The third-order valence-corrected chi connectivity index (χ3v) is 3.68. The van der Waals surface area contributed by atoms with E-state index in [1.807, 2.05) is 0 Å². The molecule has 0 aliphatic carbocycles. The van der Waals surface area contributed by atoms with Crippen LogP contribution in [0.25, 0.3) is 0 Å². The second kappa shape index (κ2) is 7.80. The highest BCUT2D eigenvalue weighted by atomic mass is 32.1. The van der Waals surface area contributed by atoms with Crippen LogP contribution in [0.5, 0.6) is 0 Å². The molecular formula is C13H24N2OS. The SMILES string of the molecule is CCCC(NCCOC)c1nc(C(C)C)cs1. The van der Waals surface area contributed by atoms with Crippen molar-refractivity contribution < 1.29 is 4.74 Å². The number of hydrogen-bond acceptors (Lipinski definition) is 4. The zero-order valence-corrected chi connectivity index (χ0v) is 12.1. The first kappa shape index (κ1) is 14.6. The Bertz CT molecular complexity index is 312. The molecule has 1 aromatic heterocycles. The van der Waals surface area contributed by atoms with Crippen LogP contribution in [0.15, 0.2) is 5.38 Å². The summed E-state index contributed by atoms with van der Waals surface area (Å²) in [5.74, 6) is 0.515. The van der Waals surface area contributed by atoms with Crippen LogP contribution in [-0.4, -0.2) is 25.2 Å². The lowest BCUT2D eigenvalue weighted by molar-refractivity contribution is 0.195. The van der Waals surface area contributed by atoms with E-state index in [0.29, 0.717) is 12.0 Å². The number of aromatic nitrogens is 1. The molecule has 1 rings (SSSR count). The van der Waals surface area contributed by atoms with E-state index in [-0.39, 0.29) is 0 Å². The van der Waals surface area contributed by atoms with Crippen molar-refractivity contribution in [1.29, 1.82) is 0 Å². The minimum atomic E-state index is 0.382. The monoisotopic (exact) mass is 256 g/mol. The van der Waals surface area contributed by atoms with Crippen LogP contribution in [0.1, 0.15) is 56.3 Å². The summed E-state index contributed by atoms with van der Waals surface area (Å²) in [4.78, 5) is 4.72. The Morgan fingerprint density at radius 3 is 2.76 bits per heavy atom. The highest BCUT2D eigenvalue weighted by molar-refractivity contribution is 7.09. The molecule has 3 nitrogen and oxygen atoms in total. The van der Waals surface area contributed by atoms with Crippen molar-refractivity contribution >= 4 is 11.3 Å². The molecule has 0 spiro atoms. The Hall–Kier alpha value is -0.450. The minimum Gasteiger partial charge on any atom is -0.383 e. The lowest BCUT2D eigenvalue weighted by Crippen LogP contribution is -2.25. The quantitative estimate of drug-likeness (QED) is 0.724. The third kappa shape index (κ3) is 4.74. The van der Waals surface area contributed by atoms with E-state index in [1.54, 1.807) is 18.4 Å². The molecule has 0 aliphatic heterocycles.